The smallest absolute Gasteiger partial charge is 1.00 e. The number of nitrogens with one attached hydrogen (secondary N) is 3. The van der Waals surface area contributed by atoms with Crippen LogP contribution in [-0.4, -0.2) is 111 Å². The molecule has 22 nitrogen and oxygen atoms in total. The second-order valence-corrected chi connectivity index (χ2v) is 13.0. The number of hydrogen-bond acceptors (Lipinski definition) is 19. The van der Waals surface area contributed by atoms with Gasteiger partial charge in [-0.15, -0.1) is 12.4 Å². The molecule has 0 aliphatic heterocycles. The van der Waals surface area contributed by atoms with E-state index < -0.39 is 196 Å². The Bertz CT molecular complexity index is 3710. The molecule has 3 aromatic rings. The van der Waals surface area contributed by atoms with E-state index in [2.05, 4.69) is 40.1 Å². The van der Waals surface area contributed by atoms with Crippen LogP contribution in [0.15, 0.2) is 18.6 Å². The fourth-order valence-corrected chi connectivity index (χ4v) is 4.24. The molecular weight excluding hydrogens is 1050 g/mol. The molecule has 9 atom stereocenters. The molecule has 3 amide bonds. The maximum absolute atomic E-state index is 12.0. The number of nitrogens with zero attached hydrogens (tertiary/aromatic N) is 6. The van der Waals surface area contributed by atoms with Gasteiger partial charge in [0.05, 0.1) is 41.8 Å². The van der Waals surface area contributed by atoms with Crippen molar-refractivity contribution >= 4 is 89.0 Å². The number of carbonyl (C=O) groups is 4. The van der Waals surface area contributed by atoms with Crippen LogP contribution in [0.1, 0.15) is 192 Å². The van der Waals surface area contributed by atoms with E-state index in [0.717, 1.165) is 6.20 Å². The standard InChI is InChI=1S/C16H27N5O2.C12H17ClN4O2.C7H15NO.C5H3Cl2N3O.CH2O3.CH4.ClH.2K.H/c1-9-5-6-10(7-12(9)22)19-14-11(13(17)23)8-18-15(20-14)21-16(2,3)4;1-6-2-3-7(4-9(6)18)16-11-8(10(14)19)5-15-12(13)17-11;1-5-2-3-6(8)4-7(5)9;6-3-2(4(8)11)1-9-5(7)10-3;2-1-4-3;;;;;/h8-10,12,22H,5-7H2,1-4H3,(H2,17,23)(H2,18,19,20,21);5-7,9,18H,2-4H2,1H3,(H2,14,19)(H,15,16,17);5-7,9H,2-4,8H2,1H3;1H,(H2,8,11);1,3H;1H4;1H;;;/q;;;;;;;2*+1;-1/p-1/i1D3,2D3,5D2,6D2,7D2,9D,10D,12D;1D3,2D2,3D2,4D2,6D,7D,9D;1D3,2D2,3D2,4D2,5D,6D,7D;;;;;;;. The first-order chi connectivity index (χ1) is 45.8. The van der Waals surface area contributed by atoms with Crippen LogP contribution in [0.4, 0.5) is 17.6 Å². The van der Waals surface area contributed by atoms with Crippen molar-refractivity contribution in [2.24, 2.45) is 40.6 Å². The third kappa shape index (κ3) is 27.3. The summed E-state index contributed by atoms with van der Waals surface area (Å²) < 4.78 is 306. The Hall–Kier alpha value is -1.25. The molecule has 6 rings (SSSR count). The molecule has 3 fully saturated rings. The van der Waals surface area contributed by atoms with Gasteiger partial charge in [-0.1, -0.05) is 39.6 Å². The summed E-state index contributed by atoms with van der Waals surface area (Å²) in [6.45, 7) is -12.0. The molecule has 3 saturated carbocycles. The minimum absolute atomic E-state index is 0. The van der Waals surface area contributed by atoms with Gasteiger partial charge in [0.1, 0.15) is 16.8 Å². The van der Waals surface area contributed by atoms with Crippen LogP contribution in [0.2, 0.25) is 15.7 Å². The van der Waals surface area contributed by atoms with Crippen molar-refractivity contribution in [2.45, 2.75) is 148 Å². The van der Waals surface area contributed by atoms with Crippen LogP contribution in [0.25, 0.3) is 0 Å². The predicted molar refractivity (Wildman–Crippen MR) is 262 cm³/mol. The Kier molecular flexibility index (Phi) is 15.1. The second kappa shape index (κ2) is 36.7. The van der Waals surface area contributed by atoms with Crippen LogP contribution in [0.5, 0.6) is 0 Å². The van der Waals surface area contributed by atoms with E-state index in [0.29, 0.717) is 6.20 Å². The maximum atomic E-state index is 12.0. The first-order valence-electron chi connectivity index (χ1n) is 36.3. The normalized spacial score (nSPS) is 48.0. The Labute approximate surface area is 572 Å². The summed E-state index contributed by atoms with van der Waals surface area (Å²) >= 11 is 16.5. The van der Waals surface area contributed by atoms with Gasteiger partial charge in [0.15, 0.2) is 0 Å². The molecule has 14 N–H and O–H groups in total. The summed E-state index contributed by atoms with van der Waals surface area (Å²) in [5.74, 6) is -17.7. The molecule has 28 heteroatoms. The molecule has 0 radical (unpaired) electrons. The van der Waals surface area contributed by atoms with Crippen molar-refractivity contribution in [3.8, 4) is 0 Å². The molecule has 3 aliphatic carbocycles. The Morgan fingerprint density at radius 3 is 1.59 bits per heavy atom. The number of primary amides is 3. The number of aromatic nitrogens is 6. The van der Waals surface area contributed by atoms with Crippen molar-refractivity contribution in [1.82, 2.24) is 29.9 Å². The minimum Gasteiger partial charge on any atom is -1.00 e. The largest absolute Gasteiger partial charge is 1.00 e. The van der Waals surface area contributed by atoms with Crippen molar-refractivity contribution in [2.75, 3.05) is 16.0 Å². The fraction of sp³-hybridized carbons (Fsp3) is 0.619. The van der Waals surface area contributed by atoms with Gasteiger partial charge in [0, 0.05) is 88.8 Å². The first kappa shape index (κ1) is 28.8. The number of nitrogens with two attached hydrogens (primary N) is 4. The van der Waals surface area contributed by atoms with Crippen LogP contribution in [-0.2, 0) is 9.68 Å². The Morgan fingerprint density at radius 2 is 1.17 bits per heavy atom. The van der Waals surface area contributed by atoms with Gasteiger partial charge in [0.2, 0.25) is 16.5 Å². The molecule has 386 valence electrons. The van der Waals surface area contributed by atoms with Crippen LogP contribution in [0.3, 0.4) is 0 Å². The first-order valence-corrected chi connectivity index (χ1v) is 17.9. The number of rotatable bonds is 9. The summed E-state index contributed by atoms with van der Waals surface area (Å²) in [5, 5.41) is 45.3. The SMILES string of the molecule is C.Cl.NC(=O)c1cnc(Cl)nc1Cl.O=CO[O-].[2H]C([2H])([2H])C(C)(C)Nc1ncc(C(N)=O)c(NC2([2H])C([2H])([2H])C([2H])([2H])C([2H])(C([2H])([2H])[2H])C([2H])(O)C2([2H])[2H])n1.[2H]C([2H])([2H])C1([2H])C([2H])([2H])C([2H])([2H])C([2H])(N)C([2H])([2H])C1([2H])O.[2H]C([2H])([2H])C1([2H])C([2H])([2H])C([2H])([2H])C([2H])(Nc2nc(Cl)ncc2C(N)=O)C([2H])([2H])C1([2H])O.[H-].[K+].[K+]. The summed E-state index contributed by atoms with van der Waals surface area (Å²) in [4.78, 5) is 67.0. The molecule has 3 aromatic heterocycles. The average Bonchev–Trinajstić information content (AvgIpc) is 0.665. The minimum atomic E-state index is -4.31. The monoisotopic (exact) mass is 1160 g/mol. The molecule has 3 aliphatic rings. The molecule has 3 heterocycles. The van der Waals surface area contributed by atoms with Crippen molar-refractivity contribution < 1.29 is 202 Å². The molecule has 9 unspecified atom stereocenters. The third-order valence-electron chi connectivity index (χ3n) is 6.41. The van der Waals surface area contributed by atoms with E-state index in [9.17, 15) is 29.7 Å². The van der Waals surface area contributed by atoms with Gasteiger partial charge < -0.3 is 65.8 Å². The molecule has 0 spiro atoms. The summed E-state index contributed by atoms with van der Waals surface area (Å²) in [7, 11) is 0. The molecule has 0 saturated heterocycles. The number of amides is 3. The van der Waals surface area contributed by atoms with Gasteiger partial charge in [0.25, 0.3) is 24.2 Å². The quantitative estimate of drug-likeness (QED) is 0.0275. The predicted octanol–water partition coefficient (Wildman–Crippen LogP) is -2.07. The summed E-state index contributed by atoms with van der Waals surface area (Å²) in [6.07, 6.45) is -45.3. The van der Waals surface area contributed by atoms with Crippen molar-refractivity contribution in [3.05, 3.63) is 51.0 Å². The molecule has 0 bridgehead atoms. The van der Waals surface area contributed by atoms with Crippen LogP contribution < -0.4 is 147 Å². The Balaban J connectivity index is -0.000000701. The van der Waals surface area contributed by atoms with Crippen LogP contribution >= 0.6 is 47.2 Å². The summed E-state index contributed by atoms with van der Waals surface area (Å²) in [5.41, 5.74) is 17.5. The number of hydrogen-bond donors (Lipinski definition) is 10. The zero-order valence-electron chi connectivity index (χ0n) is 75.6. The number of anilines is 3. The van der Waals surface area contributed by atoms with Gasteiger partial charge in [-0.2, -0.15) is 9.97 Å². The maximum Gasteiger partial charge on any atom is 1.00 e. The fourth-order valence-electron chi connectivity index (χ4n) is 3.70. The Morgan fingerprint density at radius 1 is 0.771 bits per heavy atom. The number of carbonyl (C=O) groups excluding carboxylic acids is 4. The third-order valence-corrected chi connectivity index (χ3v) is 7.06. The number of halogens is 4. The molecular formula is C42H69Cl4K2N13O9. The van der Waals surface area contributed by atoms with E-state index in [1.165, 1.54) is 20.0 Å². The average molecular weight is 1160 g/mol. The van der Waals surface area contributed by atoms with Crippen LogP contribution in [0, 0.1) is 17.7 Å². The molecule has 70 heavy (non-hydrogen) atoms. The van der Waals surface area contributed by atoms with Crippen molar-refractivity contribution in [1.29, 1.82) is 0 Å². The zero-order chi connectivity index (χ0) is 84.3. The van der Waals surface area contributed by atoms with Gasteiger partial charge in [-0.3, -0.25) is 19.2 Å². The van der Waals surface area contributed by atoms with Gasteiger partial charge in [-0.05, 0) is 119 Å². The van der Waals surface area contributed by atoms with Gasteiger partial charge >= 0.3 is 103 Å². The van der Waals surface area contributed by atoms with E-state index in [1.807, 2.05) is 10.6 Å². The van der Waals surface area contributed by atoms with E-state index in [-0.39, 0.29) is 147 Å². The number of aliphatic hydroxyl groups is 3. The van der Waals surface area contributed by atoms with E-state index >= 15 is 0 Å². The van der Waals surface area contributed by atoms with Gasteiger partial charge in [-0.25, -0.2) is 19.9 Å². The summed E-state index contributed by atoms with van der Waals surface area (Å²) in [6, 6.07) is -11.1. The van der Waals surface area contributed by atoms with E-state index in [1.54, 1.807) is 0 Å². The zero-order valence-corrected chi connectivity index (χ0v) is 45.0. The molecule has 0 aromatic carbocycles. The van der Waals surface area contributed by atoms with Crippen molar-refractivity contribution in [3.63, 3.8) is 0 Å². The second-order valence-electron chi connectivity index (χ2n) is 11.9. The van der Waals surface area contributed by atoms with E-state index in [4.69, 9.17) is 121 Å². The topological polar surface area (TPSA) is 379 Å².